The van der Waals surface area contributed by atoms with Crippen LogP contribution in [0.1, 0.15) is 10.4 Å². The molecule has 0 aliphatic rings. The molecule has 0 aliphatic carbocycles. The van der Waals surface area contributed by atoms with Gasteiger partial charge in [-0.05, 0) is 24.6 Å². The summed E-state index contributed by atoms with van der Waals surface area (Å²) >= 11 is 0. The molecular formula is C9H12O2SZn. The molecule has 0 unspecified atom stereocenters. The Hall–Kier alpha value is -0.337. The van der Waals surface area contributed by atoms with Gasteiger partial charge in [0.15, 0.2) is 0 Å². The van der Waals surface area contributed by atoms with Crippen LogP contribution in [0.4, 0.5) is 0 Å². The van der Waals surface area contributed by atoms with E-state index < -0.39 is 5.97 Å². The van der Waals surface area contributed by atoms with E-state index in [1.165, 1.54) is 0 Å². The maximum absolute atomic E-state index is 10.7. The number of carbonyl (C=O) groups is 1. The largest absolute Gasteiger partial charge is 0.478 e. The van der Waals surface area contributed by atoms with E-state index >= 15 is 0 Å². The van der Waals surface area contributed by atoms with Crippen molar-refractivity contribution in [1.82, 2.24) is 0 Å². The first-order valence-electron chi connectivity index (χ1n) is 3.62. The minimum absolute atomic E-state index is 0. The maximum atomic E-state index is 10.7. The average Bonchev–Trinajstić information content (AvgIpc) is 2.04. The van der Waals surface area contributed by atoms with Crippen molar-refractivity contribution in [1.29, 1.82) is 0 Å². The second-order valence-corrected chi connectivity index (χ2v) is 4.99. The van der Waals surface area contributed by atoms with Gasteiger partial charge in [-0.3, -0.25) is 0 Å². The first kappa shape index (κ1) is 12.7. The van der Waals surface area contributed by atoms with Crippen LogP contribution in [0, 0.1) is 0 Å². The molecule has 0 spiro atoms. The normalized spacial score (nSPS) is 10.2. The smallest absolute Gasteiger partial charge is 0.336 e. The molecular weight excluding hydrogens is 238 g/mol. The Morgan fingerprint density at radius 3 is 2.23 bits per heavy atom. The quantitative estimate of drug-likeness (QED) is 0.621. The fourth-order valence-corrected chi connectivity index (χ4v) is 2.08. The van der Waals surface area contributed by atoms with Crippen LogP contribution in [0.3, 0.4) is 0 Å². The predicted octanol–water partition coefficient (Wildman–Crippen LogP) is 2.00. The van der Waals surface area contributed by atoms with Gasteiger partial charge in [-0.25, -0.2) is 15.7 Å². The molecule has 0 amide bonds. The SMILES string of the molecule is C[SH](C)c1ccccc1C(=O)O.[Zn]. The van der Waals surface area contributed by atoms with E-state index in [4.69, 9.17) is 5.11 Å². The number of aromatic carboxylic acids is 1. The van der Waals surface area contributed by atoms with Crippen molar-refractivity contribution in [2.75, 3.05) is 12.5 Å². The van der Waals surface area contributed by atoms with E-state index in [9.17, 15) is 4.79 Å². The van der Waals surface area contributed by atoms with Crippen molar-refractivity contribution in [3.8, 4) is 0 Å². The topological polar surface area (TPSA) is 37.3 Å². The summed E-state index contributed by atoms with van der Waals surface area (Å²) in [6.07, 6.45) is 4.11. The molecule has 0 heterocycles. The van der Waals surface area contributed by atoms with E-state index in [-0.39, 0.29) is 30.4 Å². The third-order valence-electron chi connectivity index (χ3n) is 1.62. The van der Waals surface area contributed by atoms with Gasteiger partial charge in [0.2, 0.25) is 0 Å². The number of hydrogen-bond acceptors (Lipinski definition) is 1. The van der Waals surface area contributed by atoms with E-state index in [2.05, 4.69) is 12.5 Å². The third-order valence-corrected chi connectivity index (χ3v) is 2.97. The van der Waals surface area contributed by atoms with Crippen molar-refractivity contribution >= 4 is 16.9 Å². The van der Waals surface area contributed by atoms with Crippen molar-refractivity contribution in [2.45, 2.75) is 4.90 Å². The Bertz CT molecular complexity index is 299. The Labute approximate surface area is 93.5 Å². The Morgan fingerprint density at radius 1 is 1.31 bits per heavy atom. The minimum Gasteiger partial charge on any atom is -0.478 e. The van der Waals surface area contributed by atoms with Gasteiger partial charge in [-0.15, -0.1) is 0 Å². The molecule has 1 aromatic carbocycles. The molecule has 0 radical (unpaired) electrons. The van der Waals surface area contributed by atoms with Gasteiger partial charge in [0, 0.05) is 24.4 Å². The van der Waals surface area contributed by atoms with Crippen LogP contribution in [0.2, 0.25) is 0 Å². The number of carboxylic acids is 1. The van der Waals surface area contributed by atoms with Crippen molar-refractivity contribution in [2.24, 2.45) is 0 Å². The zero-order valence-corrected chi connectivity index (χ0v) is 11.7. The molecule has 0 aliphatic heterocycles. The fourth-order valence-electron chi connectivity index (χ4n) is 1.04. The van der Waals surface area contributed by atoms with Gasteiger partial charge in [0.25, 0.3) is 0 Å². The van der Waals surface area contributed by atoms with Gasteiger partial charge in [0.05, 0.1) is 5.56 Å². The molecule has 0 bridgehead atoms. The first-order valence-corrected chi connectivity index (χ1v) is 5.86. The number of benzene rings is 1. The summed E-state index contributed by atoms with van der Waals surface area (Å²) in [4.78, 5) is 11.7. The maximum Gasteiger partial charge on any atom is 0.336 e. The Balaban J connectivity index is 0.00000144. The molecule has 0 saturated carbocycles. The van der Waals surface area contributed by atoms with E-state index in [1.807, 2.05) is 12.1 Å². The fraction of sp³-hybridized carbons (Fsp3) is 0.222. The summed E-state index contributed by atoms with van der Waals surface area (Å²) < 4.78 is 0. The van der Waals surface area contributed by atoms with Crippen LogP contribution < -0.4 is 0 Å². The van der Waals surface area contributed by atoms with E-state index in [0.717, 1.165) is 4.90 Å². The van der Waals surface area contributed by atoms with Crippen molar-refractivity contribution in [3.05, 3.63) is 29.8 Å². The molecule has 13 heavy (non-hydrogen) atoms. The second-order valence-electron chi connectivity index (χ2n) is 2.72. The van der Waals surface area contributed by atoms with Crippen LogP contribution in [-0.4, -0.2) is 23.6 Å². The van der Waals surface area contributed by atoms with Crippen molar-refractivity contribution < 1.29 is 29.4 Å². The zero-order chi connectivity index (χ0) is 9.14. The van der Waals surface area contributed by atoms with Gasteiger partial charge in [0.1, 0.15) is 0 Å². The molecule has 0 aromatic heterocycles. The summed E-state index contributed by atoms with van der Waals surface area (Å²) in [5.41, 5.74) is 0.439. The average molecular weight is 250 g/mol. The molecule has 0 atom stereocenters. The number of carboxylic acid groups (broad SMARTS) is 1. The summed E-state index contributed by atoms with van der Waals surface area (Å²) in [6.45, 7) is 0. The van der Waals surface area contributed by atoms with Gasteiger partial charge >= 0.3 is 5.97 Å². The Kier molecular flexibility index (Phi) is 5.27. The first-order chi connectivity index (χ1) is 5.63. The third kappa shape index (κ3) is 3.13. The van der Waals surface area contributed by atoms with Gasteiger partial charge in [-0.1, -0.05) is 12.1 Å². The van der Waals surface area contributed by atoms with Crippen LogP contribution in [0.5, 0.6) is 0 Å². The number of rotatable bonds is 2. The molecule has 0 saturated heterocycles. The summed E-state index contributed by atoms with van der Waals surface area (Å²) in [5, 5.41) is 8.82. The summed E-state index contributed by atoms with van der Waals surface area (Å²) in [6, 6.07) is 7.17. The minimum atomic E-state index is -0.832. The van der Waals surface area contributed by atoms with Crippen molar-refractivity contribution in [3.63, 3.8) is 0 Å². The van der Waals surface area contributed by atoms with Crippen LogP contribution in [-0.2, 0) is 19.5 Å². The summed E-state index contributed by atoms with van der Waals surface area (Å²) in [5.74, 6) is -0.832. The van der Waals surface area contributed by atoms with Gasteiger partial charge < -0.3 is 5.11 Å². The summed E-state index contributed by atoms with van der Waals surface area (Å²) in [7, 11) is -0.330. The molecule has 68 valence electrons. The van der Waals surface area contributed by atoms with Crippen LogP contribution in [0.25, 0.3) is 0 Å². The van der Waals surface area contributed by atoms with Crippen LogP contribution >= 0.6 is 10.9 Å². The molecule has 1 rings (SSSR count). The van der Waals surface area contributed by atoms with Gasteiger partial charge in [-0.2, -0.15) is 0 Å². The van der Waals surface area contributed by atoms with Crippen LogP contribution in [0.15, 0.2) is 29.2 Å². The molecule has 1 N–H and O–H groups in total. The monoisotopic (exact) mass is 248 g/mol. The Morgan fingerprint density at radius 2 is 1.85 bits per heavy atom. The molecule has 1 aromatic rings. The molecule has 0 fully saturated rings. The van der Waals surface area contributed by atoms with E-state index in [1.54, 1.807) is 12.1 Å². The standard InChI is InChI=1S/C9H12O2S.Zn/c1-12(2)8-6-4-3-5-7(8)9(10)11;/h3-6,12H,1-2H3,(H,10,11);. The number of thiol groups is 1. The molecule has 4 heteroatoms. The molecule has 2 nitrogen and oxygen atoms in total. The zero-order valence-electron chi connectivity index (χ0n) is 7.82. The van der Waals surface area contributed by atoms with E-state index in [0.29, 0.717) is 5.56 Å². The second kappa shape index (κ2) is 5.41. The number of hydrogen-bond donors (Lipinski definition) is 2. The predicted molar refractivity (Wildman–Crippen MR) is 52.5 cm³/mol.